The smallest absolute Gasteiger partial charge is 0.111 e. The number of unbranched alkanes of at least 4 members (excludes halogenated alkanes) is 9. The largest absolute Gasteiger partial charge is 1.00 e. The first-order valence-corrected chi connectivity index (χ1v) is 12.0. The molecule has 7 nitrogen and oxygen atoms in total. The molecule has 6 atom stereocenters. The minimum atomic E-state index is -1.39. The maximum atomic E-state index is 10.5. The number of halogens is 1. The fraction of sp³-hybridized carbons (Fsp3) is 1.00. The molecule has 0 aliphatic carbocycles. The summed E-state index contributed by atoms with van der Waals surface area (Å²) >= 11 is 0. The number of quaternary nitrogens is 1. The van der Waals surface area contributed by atoms with Crippen molar-refractivity contribution in [3.63, 3.8) is 0 Å². The van der Waals surface area contributed by atoms with E-state index in [1.807, 2.05) is 0 Å². The van der Waals surface area contributed by atoms with E-state index in [4.69, 9.17) is 4.74 Å². The molecule has 188 valence electrons. The molecular weight excluding hydrogens is 422 g/mol. The molecule has 31 heavy (non-hydrogen) atoms. The van der Waals surface area contributed by atoms with Crippen molar-refractivity contribution in [1.82, 2.24) is 0 Å². The third-order valence-corrected chi connectivity index (χ3v) is 6.32. The van der Waals surface area contributed by atoms with Gasteiger partial charge in [0.25, 0.3) is 0 Å². The molecule has 0 saturated carbocycles. The van der Waals surface area contributed by atoms with E-state index in [0.29, 0.717) is 11.0 Å². The van der Waals surface area contributed by atoms with Gasteiger partial charge in [-0.15, -0.1) is 0 Å². The molecule has 1 rings (SSSR count). The Kier molecular flexibility index (Phi) is 16.6. The zero-order chi connectivity index (χ0) is 22.6. The number of aliphatic hydroxyl groups excluding tert-OH is 5. The second-order valence-electron chi connectivity index (χ2n) is 9.78. The molecule has 0 aromatic carbocycles. The summed E-state index contributed by atoms with van der Waals surface area (Å²) in [6.07, 6.45) is 6.66. The van der Waals surface area contributed by atoms with E-state index in [1.54, 1.807) is 0 Å². The maximum absolute atomic E-state index is 10.5. The Hall–Kier alpha value is 0.01000. The van der Waals surface area contributed by atoms with E-state index >= 15 is 0 Å². The summed E-state index contributed by atoms with van der Waals surface area (Å²) in [5.41, 5.74) is 0. The Labute approximate surface area is 195 Å². The number of aliphatic hydroxyl groups is 5. The molecule has 1 aliphatic rings. The number of rotatable bonds is 16. The number of hydrogen-bond donors (Lipinski definition) is 5. The van der Waals surface area contributed by atoms with Gasteiger partial charge < -0.3 is 47.2 Å². The van der Waals surface area contributed by atoms with Crippen LogP contribution in [-0.4, -0.2) is 100 Å². The summed E-state index contributed by atoms with van der Waals surface area (Å²) in [7, 11) is 4.18. The first-order valence-electron chi connectivity index (χ1n) is 12.0. The minimum absolute atomic E-state index is 0. The zero-order valence-electron chi connectivity index (χ0n) is 19.8. The molecule has 1 aliphatic heterocycles. The minimum Gasteiger partial charge on any atom is -1.00 e. The van der Waals surface area contributed by atoms with Crippen molar-refractivity contribution in [2.24, 2.45) is 0 Å². The van der Waals surface area contributed by atoms with E-state index in [0.717, 1.165) is 13.0 Å². The van der Waals surface area contributed by atoms with Gasteiger partial charge in [0.2, 0.25) is 0 Å². The third-order valence-electron chi connectivity index (χ3n) is 6.32. The Morgan fingerprint density at radius 1 is 0.774 bits per heavy atom. The molecule has 1 heterocycles. The summed E-state index contributed by atoms with van der Waals surface area (Å²) in [6.45, 7) is 3.29. The van der Waals surface area contributed by atoms with Crippen LogP contribution in [-0.2, 0) is 4.74 Å². The third kappa shape index (κ3) is 12.2. The van der Waals surface area contributed by atoms with Crippen LogP contribution in [0.15, 0.2) is 0 Å². The van der Waals surface area contributed by atoms with Crippen LogP contribution in [0.1, 0.15) is 77.6 Å². The van der Waals surface area contributed by atoms with Gasteiger partial charge in [-0.05, 0) is 12.8 Å². The Balaban J connectivity index is 0.00000900. The molecule has 0 radical (unpaired) electrons. The van der Waals surface area contributed by atoms with Crippen molar-refractivity contribution in [2.45, 2.75) is 114 Å². The molecule has 2 unspecified atom stereocenters. The number of hydrogen-bond acceptors (Lipinski definition) is 6. The predicted octanol–water partition coefficient (Wildman–Crippen LogP) is -1.42. The molecular formula is C23H48ClNO6. The lowest BCUT2D eigenvalue weighted by atomic mass is 9.92. The lowest BCUT2D eigenvalue weighted by Gasteiger charge is -2.41. The lowest BCUT2D eigenvalue weighted by Crippen LogP contribution is -3.00. The number of ether oxygens (including phenoxy) is 1. The van der Waals surface area contributed by atoms with E-state index in [2.05, 4.69) is 21.0 Å². The molecule has 0 bridgehead atoms. The van der Waals surface area contributed by atoms with Crippen LogP contribution < -0.4 is 12.4 Å². The van der Waals surface area contributed by atoms with Gasteiger partial charge in [-0.25, -0.2) is 0 Å². The standard InChI is InChI=1S/C23H48NO6.ClH/c1-4-5-6-7-8-9-10-11-12-13-14-24(2,3)16-18(26)15-19-21(27)23(29)22(28)20(17-25)30-19;/h18-23,25-29H,4-17H2,1-3H3;1H/q+1;/p-1/t18?,19?,20-,21+,22-,23-;/m1./s1. The molecule has 1 saturated heterocycles. The van der Waals surface area contributed by atoms with Gasteiger partial charge in [0.1, 0.15) is 37.1 Å². The zero-order valence-corrected chi connectivity index (χ0v) is 20.6. The van der Waals surface area contributed by atoms with Crippen molar-refractivity contribution in [3.8, 4) is 0 Å². The summed E-state index contributed by atoms with van der Waals surface area (Å²) in [5.74, 6) is 0. The number of likely N-dealkylation sites (N-methyl/N-ethyl adjacent to an activating group) is 1. The first kappa shape index (κ1) is 31.0. The second kappa shape index (κ2) is 16.6. The summed E-state index contributed by atoms with van der Waals surface area (Å²) in [6, 6.07) is 0. The van der Waals surface area contributed by atoms with Crippen molar-refractivity contribution in [1.29, 1.82) is 0 Å². The van der Waals surface area contributed by atoms with Crippen molar-refractivity contribution < 1.29 is 47.2 Å². The normalized spacial score (nSPS) is 27.7. The van der Waals surface area contributed by atoms with E-state index in [9.17, 15) is 25.5 Å². The van der Waals surface area contributed by atoms with Crippen molar-refractivity contribution >= 4 is 0 Å². The fourth-order valence-corrected chi connectivity index (χ4v) is 4.41. The maximum Gasteiger partial charge on any atom is 0.111 e. The van der Waals surface area contributed by atoms with E-state index < -0.39 is 43.2 Å². The van der Waals surface area contributed by atoms with Crippen LogP contribution in [0, 0.1) is 0 Å². The lowest BCUT2D eigenvalue weighted by molar-refractivity contribution is -0.893. The van der Waals surface area contributed by atoms with Crippen LogP contribution in [0.4, 0.5) is 0 Å². The van der Waals surface area contributed by atoms with Crippen molar-refractivity contribution in [3.05, 3.63) is 0 Å². The molecule has 0 spiro atoms. The molecule has 0 amide bonds. The van der Waals surface area contributed by atoms with Gasteiger partial charge in [-0.1, -0.05) is 58.3 Å². The van der Waals surface area contributed by atoms with Gasteiger partial charge in [0, 0.05) is 6.42 Å². The monoisotopic (exact) mass is 469 g/mol. The molecule has 0 aromatic heterocycles. The first-order chi connectivity index (χ1) is 14.2. The topological polar surface area (TPSA) is 110 Å². The van der Waals surface area contributed by atoms with Crippen molar-refractivity contribution in [2.75, 3.05) is 33.8 Å². The quantitative estimate of drug-likeness (QED) is 0.140. The molecule has 8 heteroatoms. The second-order valence-corrected chi connectivity index (χ2v) is 9.78. The van der Waals surface area contributed by atoms with Crippen LogP contribution in [0.2, 0.25) is 0 Å². The highest BCUT2D eigenvalue weighted by Crippen LogP contribution is 2.24. The highest BCUT2D eigenvalue weighted by atomic mass is 35.5. The highest BCUT2D eigenvalue weighted by molar-refractivity contribution is 4.92. The highest BCUT2D eigenvalue weighted by Gasteiger charge is 2.44. The van der Waals surface area contributed by atoms with Gasteiger partial charge in [-0.2, -0.15) is 0 Å². The summed E-state index contributed by atoms with van der Waals surface area (Å²) in [5, 5.41) is 49.7. The Bertz CT molecular complexity index is 440. The van der Waals surface area contributed by atoms with Gasteiger partial charge >= 0.3 is 0 Å². The predicted molar refractivity (Wildman–Crippen MR) is 118 cm³/mol. The van der Waals surface area contributed by atoms with Crippen LogP contribution in [0.25, 0.3) is 0 Å². The van der Waals surface area contributed by atoms with Gasteiger partial charge in [0.05, 0.1) is 33.4 Å². The summed E-state index contributed by atoms with van der Waals surface area (Å²) in [4.78, 5) is 0. The van der Waals surface area contributed by atoms with E-state index in [1.165, 1.54) is 57.8 Å². The summed E-state index contributed by atoms with van der Waals surface area (Å²) < 4.78 is 6.18. The van der Waals surface area contributed by atoms with Gasteiger partial charge in [-0.3, -0.25) is 0 Å². The van der Waals surface area contributed by atoms with Gasteiger partial charge in [0.15, 0.2) is 0 Å². The average Bonchev–Trinajstić information content (AvgIpc) is 2.69. The molecule has 5 N–H and O–H groups in total. The molecule has 0 aromatic rings. The van der Waals surface area contributed by atoms with Crippen LogP contribution in [0.3, 0.4) is 0 Å². The Morgan fingerprint density at radius 3 is 1.77 bits per heavy atom. The van der Waals surface area contributed by atoms with E-state index in [-0.39, 0.29) is 18.8 Å². The Morgan fingerprint density at radius 2 is 1.26 bits per heavy atom. The number of nitrogens with zero attached hydrogens (tertiary/aromatic N) is 1. The average molecular weight is 470 g/mol. The fourth-order valence-electron chi connectivity index (χ4n) is 4.41. The van der Waals surface area contributed by atoms with Crippen LogP contribution >= 0.6 is 0 Å². The SMILES string of the molecule is CCCCCCCCCCCC[N+](C)(C)CC(O)CC1O[C@H](CO)[C@@H](O)[C@H](O)[C@H]1O.[Cl-]. The molecule has 1 fully saturated rings. The van der Waals surface area contributed by atoms with Crippen LogP contribution in [0.5, 0.6) is 0 Å².